The third-order valence-electron chi connectivity index (χ3n) is 5.79. The van der Waals surface area contributed by atoms with Crippen LogP contribution in [0.25, 0.3) is 11.0 Å². The molecule has 1 aliphatic carbocycles. The molecule has 5 nitrogen and oxygen atoms in total. The summed E-state index contributed by atoms with van der Waals surface area (Å²) in [6.07, 6.45) is 7.99. The topological polar surface area (TPSA) is 70.2 Å². The van der Waals surface area contributed by atoms with Gasteiger partial charge in [0.1, 0.15) is 5.65 Å². The largest absolute Gasteiger partial charge is 0.493 e. The molecule has 3 N–H and O–H groups in total. The van der Waals surface area contributed by atoms with Gasteiger partial charge in [-0.25, -0.2) is 4.98 Å². The number of H-pyrrole nitrogens is 1. The molecule has 6 heteroatoms. The zero-order chi connectivity index (χ0) is 14.1. The van der Waals surface area contributed by atoms with E-state index in [9.17, 15) is 5.02 Å². The van der Waals surface area contributed by atoms with Gasteiger partial charge in [-0.15, -0.1) is 0 Å². The quantitative estimate of drug-likeness (QED) is 0.621. The minimum atomic E-state index is -0.833. The Labute approximate surface area is 123 Å². The third-order valence-corrected chi connectivity index (χ3v) is 5.79. The van der Waals surface area contributed by atoms with E-state index in [1.165, 1.54) is 18.4 Å². The van der Waals surface area contributed by atoms with Gasteiger partial charge in [-0.2, -0.15) is 0 Å². The first kappa shape index (κ1) is 12.2. The van der Waals surface area contributed by atoms with Crippen LogP contribution in [0.3, 0.4) is 0 Å². The number of pyridine rings is 1. The van der Waals surface area contributed by atoms with Crippen molar-refractivity contribution in [2.75, 3.05) is 13.1 Å². The number of fused-ring (bicyclic) bond motifs is 4. The average molecular weight is 283 g/mol. The van der Waals surface area contributed by atoms with Crippen molar-refractivity contribution in [2.24, 2.45) is 5.41 Å². The van der Waals surface area contributed by atoms with E-state index in [0.717, 1.165) is 42.4 Å². The molecule has 2 aromatic rings. The summed E-state index contributed by atoms with van der Waals surface area (Å²) in [4.78, 5) is 7.56. The van der Waals surface area contributed by atoms with Crippen LogP contribution in [0, 0.1) is 5.41 Å². The van der Waals surface area contributed by atoms with Gasteiger partial charge in [-0.05, 0) is 42.7 Å². The average Bonchev–Trinajstić information content (AvgIpc) is 3.02. The molecule has 21 heavy (non-hydrogen) atoms. The minimum absolute atomic E-state index is 0.320. The van der Waals surface area contributed by atoms with Gasteiger partial charge < -0.3 is 20.0 Å². The molecule has 2 aromatic heterocycles. The van der Waals surface area contributed by atoms with Gasteiger partial charge in [0.25, 0.3) is 0 Å². The highest BCUT2D eigenvalue weighted by atomic mass is 16.5. The number of rotatable bonds is 0. The van der Waals surface area contributed by atoms with E-state index in [1.54, 1.807) is 6.20 Å². The molecule has 5 rings (SSSR count). The lowest BCUT2D eigenvalue weighted by atomic mass is 9.63. The summed E-state index contributed by atoms with van der Waals surface area (Å²) < 4.78 is 6.08. The monoisotopic (exact) mass is 283 g/mol. The fourth-order valence-electron chi connectivity index (χ4n) is 4.44. The van der Waals surface area contributed by atoms with Gasteiger partial charge in [0, 0.05) is 36.3 Å². The number of aromatic amines is 1. The van der Waals surface area contributed by atoms with E-state index in [1.807, 2.05) is 6.20 Å². The second-order valence-corrected chi connectivity index (χ2v) is 6.90. The van der Waals surface area contributed by atoms with Gasteiger partial charge in [0.05, 0.1) is 5.60 Å². The van der Waals surface area contributed by atoms with Crippen LogP contribution in [-0.2, 0) is 10.3 Å². The van der Waals surface area contributed by atoms with Crippen molar-refractivity contribution in [2.45, 2.75) is 31.3 Å². The summed E-state index contributed by atoms with van der Waals surface area (Å²) in [5.74, 6) is 0. The third kappa shape index (κ3) is 1.50. The highest BCUT2D eigenvalue weighted by Gasteiger charge is 2.53. The van der Waals surface area contributed by atoms with Crippen molar-refractivity contribution < 1.29 is 9.68 Å². The summed E-state index contributed by atoms with van der Waals surface area (Å²) in [5.41, 5.74) is 3.07. The molecule has 0 bridgehead atoms. The van der Waals surface area contributed by atoms with Crippen molar-refractivity contribution >= 4 is 23.6 Å². The van der Waals surface area contributed by atoms with Crippen molar-refractivity contribution in [1.82, 2.24) is 15.3 Å². The van der Waals surface area contributed by atoms with Crippen LogP contribution < -0.4 is 10.8 Å². The van der Waals surface area contributed by atoms with E-state index in [-0.39, 0.29) is 5.60 Å². The second-order valence-electron chi connectivity index (χ2n) is 6.90. The Hall–Kier alpha value is -1.37. The van der Waals surface area contributed by atoms with E-state index >= 15 is 0 Å². The fourth-order valence-corrected chi connectivity index (χ4v) is 4.44. The van der Waals surface area contributed by atoms with Crippen LogP contribution in [0.1, 0.15) is 31.2 Å². The van der Waals surface area contributed by atoms with Crippen molar-refractivity contribution in [3.8, 4) is 0 Å². The highest BCUT2D eigenvalue weighted by Crippen LogP contribution is 2.51. The number of hydrogen-bond donors (Lipinski definition) is 3. The van der Waals surface area contributed by atoms with Gasteiger partial charge in [-0.1, -0.05) is 0 Å². The molecular weight excluding hydrogens is 265 g/mol. The molecule has 0 amide bonds. The first-order chi connectivity index (χ1) is 10.2. The Morgan fingerprint density at radius 3 is 2.76 bits per heavy atom. The molecule has 2 aliphatic heterocycles. The molecule has 1 saturated heterocycles. The van der Waals surface area contributed by atoms with Crippen LogP contribution in [0.5, 0.6) is 0 Å². The van der Waals surface area contributed by atoms with Crippen molar-refractivity contribution in [3.63, 3.8) is 0 Å². The Kier molecular flexibility index (Phi) is 2.26. The predicted molar refractivity (Wildman–Crippen MR) is 80.2 cm³/mol. The molecule has 4 heterocycles. The van der Waals surface area contributed by atoms with E-state index in [0.29, 0.717) is 5.41 Å². The summed E-state index contributed by atoms with van der Waals surface area (Å²) in [6.45, 7) is 2.27. The Balaban J connectivity index is 1.63. The summed E-state index contributed by atoms with van der Waals surface area (Å²) in [5, 5.41) is 14.8. The van der Waals surface area contributed by atoms with Crippen LogP contribution in [-0.4, -0.2) is 35.2 Å². The normalized spacial score (nSPS) is 25.5. The van der Waals surface area contributed by atoms with Crippen LogP contribution in [0.15, 0.2) is 18.5 Å². The zero-order valence-electron chi connectivity index (χ0n) is 11.9. The molecule has 1 saturated carbocycles. The Morgan fingerprint density at radius 2 is 2.05 bits per heavy atom. The van der Waals surface area contributed by atoms with Gasteiger partial charge in [-0.3, -0.25) is 0 Å². The number of nitrogens with one attached hydrogen (secondary N) is 2. The van der Waals surface area contributed by atoms with E-state index in [4.69, 9.17) is 4.65 Å². The van der Waals surface area contributed by atoms with Crippen LogP contribution in [0.2, 0.25) is 0 Å². The molecule has 0 aromatic carbocycles. The summed E-state index contributed by atoms with van der Waals surface area (Å²) in [6, 6.07) is 2.06. The number of hydrogen-bond acceptors (Lipinski definition) is 4. The molecule has 3 aliphatic rings. The summed E-state index contributed by atoms with van der Waals surface area (Å²) >= 11 is 0. The first-order valence-electron chi connectivity index (χ1n) is 7.75. The smallest absolute Gasteiger partial charge is 0.423 e. The first-order valence-corrected chi connectivity index (χ1v) is 7.75. The molecule has 0 unspecified atom stereocenters. The lowest BCUT2D eigenvalue weighted by Crippen LogP contribution is -2.56. The minimum Gasteiger partial charge on any atom is -0.423 e. The Morgan fingerprint density at radius 1 is 1.24 bits per heavy atom. The van der Waals surface area contributed by atoms with E-state index < -0.39 is 7.12 Å². The molecule has 0 radical (unpaired) electrons. The van der Waals surface area contributed by atoms with Crippen LogP contribution in [0.4, 0.5) is 0 Å². The van der Waals surface area contributed by atoms with Gasteiger partial charge >= 0.3 is 7.12 Å². The standard InChI is InChI=1S/C15H18BN3O2/c20-16-11-7-19-13-10(1-6-18-13)12(11)15(21-16)4-2-14(3-5-15)8-17-9-14/h1,6-7,17,20H,2-5,8-9H2,(H,18,19). The Bertz CT molecular complexity index is 715. The maximum atomic E-state index is 10.3. The molecule has 0 atom stereocenters. The lowest BCUT2D eigenvalue weighted by Gasteiger charge is -2.50. The van der Waals surface area contributed by atoms with Crippen molar-refractivity contribution in [1.29, 1.82) is 0 Å². The van der Waals surface area contributed by atoms with Gasteiger partial charge in [0.15, 0.2) is 0 Å². The maximum absolute atomic E-state index is 10.3. The molecule has 108 valence electrons. The molecule has 2 spiro atoms. The second kappa shape index (κ2) is 3.88. The number of aromatic nitrogens is 2. The molecule has 2 fully saturated rings. The highest BCUT2D eigenvalue weighted by molar-refractivity contribution is 6.62. The number of nitrogens with zero attached hydrogens (tertiary/aromatic N) is 1. The predicted octanol–water partition coefficient (Wildman–Crippen LogP) is 0.639. The maximum Gasteiger partial charge on any atom is 0.493 e. The lowest BCUT2D eigenvalue weighted by molar-refractivity contribution is -0.0357. The SMILES string of the molecule is OB1OC2(CCC3(CC2)CNC3)c2c1cnc1[nH]ccc21. The zero-order valence-corrected chi connectivity index (χ0v) is 11.9. The van der Waals surface area contributed by atoms with E-state index in [2.05, 4.69) is 21.4 Å². The molecular formula is C15H18BN3O2. The van der Waals surface area contributed by atoms with Crippen LogP contribution >= 0.6 is 0 Å². The fraction of sp³-hybridized carbons (Fsp3) is 0.533. The summed E-state index contributed by atoms with van der Waals surface area (Å²) in [7, 11) is -0.833. The van der Waals surface area contributed by atoms with Crippen molar-refractivity contribution in [3.05, 3.63) is 24.0 Å². The van der Waals surface area contributed by atoms with Gasteiger partial charge in [0.2, 0.25) is 0 Å².